The molecule has 0 radical (unpaired) electrons. The van der Waals surface area contributed by atoms with Crippen LogP contribution in [0, 0.1) is 6.92 Å². The molecule has 1 aromatic carbocycles. The van der Waals surface area contributed by atoms with Gasteiger partial charge in [0.05, 0.1) is 7.11 Å². The number of ether oxygens (including phenoxy) is 1. The van der Waals surface area contributed by atoms with Crippen LogP contribution in [0.15, 0.2) is 18.2 Å². The molecule has 1 rings (SSSR count). The molecule has 6 heteroatoms. The number of aliphatic carboxylic acids is 1. The van der Waals surface area contributed by atoms with Crippen molar-refractivity contribution in [2.75, 3.05) is 12.4 Å². The second-order valence-electron chi connectivity index (χ2n) is 4.62. The topological polar surface area (TPSA) is 87.7 Å². The third kappa shape index (κ3) is 5.17. The summed E-state index contributed by atoms with van der Waals surface area (Å²) >= 11 is 0. The first-order chi connectivity index (χ1) is 9.42. The van der Waals surface area contributed by atoms with Crippen molar-refractivity contribution in [2.24, 2.45) is 0 Å². The molecule has 20 heavy (non-hydrogen) atoms. The van der Waals surface area contributed by atoms with E-state index in [1.54, 1.807) is 32.2 Å². The van der Waals surface area contributed by atoms with Gasteiger partial charge in [0.25, 0.3) is 0 Å². The van der Waals surface area contributed by atoms with Gasteiger partial charge in [0.1, 0.15) is 5.75 Å². The van der Waals surface area contributed by atoms with E-state index in [9.17, 15) is 9.59 Å². The number of nitrogens with one attached hydrogen (secondary N) is 2. The maximum absolute atomic E-state index is 11.7. The highest BCUT2D eigenvalue weighted by Gasteiger charge is 2.09. The third-order valence-electron chi connectivity index (χ3n) is 2.82. The largest absolute Gasteiger partial charge is 0.496 e. The van der Waals surface area contributed by atoms with E-state index in [1.165, 1.54) is 0 Å². The van der Waals surface area contributed by atoms with Crippen molar-refractivity contribution in [3.8, 4) is 5.75 Å². The molecular weight excluding hydrogens is 260 g/mol. The molecule has 0 bridgehead atoms. The fraction of sp³-hybridized carbons (Fsp3) is 0.429. The molecular formula is C14H20N2O4. The Morgan fingerprint density at radius 3 is 2.65 bits per heavy atom. The number of hydrogen-bond acceptors (Lipinski definition) is 3. The van der Waals surface area contributed by atoms with E-state index in [0.29, 0.717) is 12.1 Å². The van der Waals surface area contributed by atoms with Crippen LogP contribution in [0.25, 0.3) is 0 Å². The number of hydrogen-bond donors (Lipinski definition) is 3. The number of methoxy groups -OCH3 is 1. The molecule has 1 unspecified atom stereocenters. The fourth-order valence-electron chi connectivity index (χ4n) is 1.76. The van der Waals surface area contributed by atoms with Gasteiger partial charge in [-0.2, -0.15) is 0 Å². The number of rotatable bonds is 6. The first kappa shape index (κ1) is 15.8. The SMILES string of the molecule is COc1ccc(NC(=O)NC(C)CCC(=O)O)cc1C. The summed E-state index contributed by atoms with van der Waals surface area (Å²) in [4.78, 5) is 22.2. The number of carbonyl (C=O) groups excluding carboxylic acids is 1. The summed E-state index contributed by atoms with van der Waals surface area (Å²) in [5, 5.41) is 14.0. The van der Waals surface area contributed by atoms with Gasteiger partial charge in [0.15, 0.2) is 0 Å². The Bertz CT molecular complexity index is 488. The van der Waals surface area contributed by atoms with Crippen molar-refractivity contribution in [1.82, 2.24) is 5.32 Å². The Labute approximate surface area is 118 Å². The van der Waals surface area contributed by atoms with E-state index in [-0.39, 0.29) is 18.5 Å². The Balaban J connectivity index is 2.49. The molecule has 0 aliphatic carbocycles. The molecule has 0 aromatic heterocycles. The average molecular weight is 280 g/mol. The molecule has 0 heterocycles. The lowest BCUT2D eigenvalue weighted by atomic mass is 10.2. The zero-order valence-electron chi connectivity index (χ0n) is 11.9. The zero-order chi connectivity index (χ0) is 15.1. The van der Waals surface area contributed by atoms with Crippen LogP contribution in [0.5, 0.6) is 5.75 Å². The molecule has 0 aliphatic rings. The molecule has 0 spiro atoms. The van der Waals surface area contributed by atoms with Gasteiger partial charge >= 0.3 is 12.0 Å². The minimum absolute atomic E-state index is 0.0308. The first-order valence-corrected chi connectivity index (χ1v) is 6.36. The average Bonchev–Trinajstić information content (AvgIpc) is 2.36. The summed E-state index contributed by atoms with van der Waals surface area (Å²) in [6.07, 6.45) is 0.424. The van der Waals surface area contributed by atoms with Crippen molar-refractivity contribution in [1.29, 1.82) is 0 Å². The second kappa shape index (κ2) is 7.37. The molecule has 0 aliphatic heterocycles. The molecule has 0 fully saturated rings. The standard InChI is InChI=1S/C14H20N2O4/c1-9-8-11(5-6-12(9)20-3)16-14(19)15-10(2)4-7-13(17)18/h5-6,8,10H,4,7H2,1-3H3,(H,17,18)(H2,15,16,19). The molecule has 1 atom stereocenters. The van der Waals surface area contributed by atoms with Crippen molar-refractivity contribution in [3.63, 3.8) is 0 Å². The van der Waals surface area contributed by atoms with Crippen molar-refractivity contribution in [2.45, 2.75) is 32.7 Å². The predicted octanol–water partition coefficient (Wildman–Crippen LogP) is 2.38. The number of anilines is 1. The van der Waals surface area contributed by atoms with Crippen LogP contribution in [-0.4, -0.2) is 30.3 Å². The Morgan fingerprint density at radius 2 is 2.10 bits per heavy atom. The number of amides is 2. The predicted molar refractivity (Wildman–Crippen MR) is 76.2 cm³/mol. The highest BCUT2D eigenvalue weighted by atomic mass is 16.5. The lowest BCUT2D eigenvalue weighted by Crippen LogP contribution is -2.36. The van der Waals surface area contributed by atoms with Crippen LogP contribution >= 0.6 is 0 Å². The fourth-order valence-corrected chi connectivity index (χ4v) is 1.76. The number of carboxylic acid groups (broad SMARTS) is 1. The maximum atomic E-state index is 11.7. The van der Waals surface area contributed by atoms with Gasteiger partial charge < -0.3 is 20.5 Å². The van der Waals surface area contributed by atoms with Crippen LogP contribution in [0.2, 0.25) is 0 Å². The highest BCUT2D eigenvalue weighted by molar-refractivity contribution is 5.89. The van der Waals surface area contributed by atoms with Crippen LogP contribution in [0.1, 0.15) is 25.3 Å². The number of benzene rings is 1. The number of carboxylic acids is 1. The lowest BCUT2D eigenvalue weighted by Gasteiger charge is -2.14. The van der Waals surface area contributed by atoms with Gasteiger partial charge in [0, 0.05) is 18.2 Å². The van der Waals surface area contributed by atoms with Crippen LogP contribution in [0.3, 0.4) is 0 Å². The van der Waals surface area contributed by atoms with E-state index >= 15 is 0 Å². The van der Waals surface area contributed by atoms with Gasteiger partial charge in [0.2, 0.25) is 0 Å². The molecule has 1 aromatic rings. The third-order valence-corrected chi connectivity index (χ3v) is 2.82. The van der Waals surface area contributed by atoms with Crippen LogP contribution in [0.4, 0.5) is 10.5 Å². The Morgan fingerprint density at radius 1 is 1.40 bits per heavy atom. The summed E-state index contributed by atoms with van der Waals surface area (Å²) in [6.45, 7) is 3.65. The molecule has 0 saturated heterocycles. The normalized spacial score (nSPS) is 11.6. The Hall–Kier alpha value is -2.24. The minimum Gasteiger partial charge on any atom is -0.496 e. The number of carbonyl (C=O) groups is 2. The first-order valence-electron chi connectivity index (χ1n) is 6.36. The Kier molecular flexibility index (Phi) is 5.83. The molecule has 6 nitrogen and oxygen atoms in total. The van der Waals surface area contributed by atoms with Crippen molar-refractivity contribution < 1.29 is 19.4 Å². The van der Waals surface area contributed by atoms with Gasteiger partial charge in [-0.1, -0.05) is 0 Å². The number of aryl methyl sites for hydroxylation is 1. The number of urea groups is 1. The molecule has 110 valence electrons. The zero-order valence-corrected chi connectivity index (χ0v) is 11.9. The summed E-state index contributed by atoms with van der Waals surface area (Å²) < 4.78 is 5.14. The van der Waals surface area contributed by atoms with Gasteiger partial charge in [-0.25, -0.2) is 4.79 Å². The smallest absolute Gasteiger partial charge is 0.319 e. The van der Waals surface area contributed by atoms with Crippen LogP contribution in [-0.2, 0) is 4.79 Å². The van der Waals surface area contributed by atoms with Gasteiger partial charge in [-0.05, 0) is 44.0 Å². The lowest BCUT2D eigenvalue weighted by molar-refractivity contribution is -0.137. The monoisotopic (exact) mass is 280 g/mol. The minimum atomic E-state index is -0.871. The van der Waals surface area contributed by atoms with Crippen LogP contribution < -0.4 is 15.4 Å². The molecule has 3 N–H and O–H groups in total. The van der Waals surface area contributed by atoms with Crippen molar-refractivity contribution >= 4 is 17.7 Å². The van der Waals surface area contributed by atoms with Gasteiger partial charge in [-0.3, -0.25) is 4.79 Å². The van der Waals surface area contributed by atoms with E-state index in [4.69, 9.17) is 9.84 Å². The molecule has 2 amide bonds. The highest BCUT2D eigenvalue weighted by Crippen LogP contribution is 2.21. The molecule has 0 saturated carbocycles. The summed E-state index contributed by atoms with van der Waals surface area (Å²) in [6, 6.07) is 4.77. The van der Waals surface area contributed by atoms with E-state index in [0.717, 1.165) is 11.3 Å². The second-order valence-corrected chi connectivity index (χ2v) is 4.62. The summed E-state index contributed by atoms with van der Waals surface area (Å²) in [5.74, 6) is -0.115. The summed E-state index contributed by atoms with van der Waals surface area (Å²) in [7, 11) is 1.59. The summed E-state index contributed by atoms with van der Waals surface area (Å²) in [5.41, 5.74) is 1.58. The van der Waals surface area contributed by atoms with Crippen molar-refractivity contribution in [3.05, 3.63) is 23.8 Å². The van der Waals surface area contributed by atoms with E-state index in [1.807, 2.05) is 6.92 Å². The quantitative estimate of drug-likeness (QED) is 0.746. The van der Waals surface area contributed by atoms with E-state index < -0.39 is 5.97 Å². The van der Waals surface area contributed by atoms with E-state index in [2.05, 4.69) is 10.6 Å². The van der Waals surface area contributed by atoms with Gasteiger partial charge in [-0.15, -0.1) is 0 Å². The maximum Gasteiger partial charge on any atom is 0.319 e.